The highest BCUT2D eigenvalue weighted by Crippen LogP contribution is 2.19. The first-order valence-electron chi connectivity index (χ1n) is 5.54. The van der Waals surface area contributed by atoms with E-state index in [4.69, 9.17) is 4.42 Å². The van der Waals surface area contributed by atoms with Gasteiger partial charge >= 0.3 is 0 Å². The molecule has 0 atom stereocenters. The maximum atomic E-state index is 11.9. The van der Waals surface area contributed by atoms with Crippen LogP contribution < -0.4 is 5.32 Å². The molecule has 0 radical (unpaired) electrons. The van der Waals surface area contributed by atoms with Gasteiger partial charge in [-0.05, 0) is 32.8 Å². The van der Waals surface area contributed by atoms with Crippen LogP contribution in [-0.2, 0) is 0 Å². The summed E-state index contributed by atoms with van der Waals surface area (Å²) in [7, 11) is 0. The van der Waals surface area contributed by atoms with E-state index >= 15 is 0 Å². The van der Waals surface area contributed by atoms with E-state index in [1.54, 1.807) is 6.07 Å². The lowest BCUT2D eigenvalue weighted by Crippen LogP contribution is -2.32. The molecule has 1 fully saturated rings. The van der Waals surface area contributed by atoms with E-state index in [1.165, 1.54) is 12.8 Å². The van der Waals surface area contributed by atoms with E-state index in [-0.39, 0.29) is 5.91 Å². The number of amides is 1. The molecular weight excluding hydrogens is 190 g/mol. The molecule has 1 saturated carbocycles. The predicted molar refractivity (Wildman–Crippen MR) is 57.9 cm³/mol. The van der Waals surface area contributed by atoms with Crippen LogP contribution in [0.15, 0.2) is 10.5 Å². The van der Waals surface area contributed by atoms with Gasteiger partial charge in [-0.3, -0.25) is 4.79 Å². The summed E-state index contributed by atoms with van der Waals surface area (Å²) in [5.74, 6) is 1.52. The molecule has 3 heteroatoms. The van der Waals surface area contributed by atoms with Crippen LogP contribution in [0.5, 0.6) is 0 Å². The summed E-state index contributed by atoms with van der Waals surface area (Å²) in [6.45, 7) is 3.69. The lowest BCUT2D eigenvalue weighted by molar-refractivity contribution is 0.0936. The van der Waals surface area contributed by atoms with E-state index in [0.717, 1.165) is 18.6 Å². The third-order valence-electron chi connectivity index (χ3n) is 2.98. The summed E-state index contributed by atoms with van der Waals surface area (Å²) in [5, 5.41) is 3.05. The monoisotopic (exact) mass is 207 g/mol. The van der Waals surface area contributed by atoms with Gasteiger partial charge in [0, 0.05) is 6.04 Å². The summed E-state index contributed by atoms with van der Waals surface area (Å²) < 4.78 is 5.34. The van der Waals surface area contributed by atoms with Crippen molar-refractivity contribution in [1.29, 1.82) is 0 Å². The minimum absolute atomic E-state index is 0.0104. The van der Waals surface area contributed by atoms with Crippen LogP contribution in [0.3, 0.4) is 0 Å². The second kappa shape index (κ2) is 4.09. The maximum absolute atomic E-state index is 11.9. The van der Waals surface area contributed by atoms with Gasteiger partial charge in [-0.2, -0.15) is 0 Å². The molecule has 0 saturated heterocycles. The molecular formula is C12H17NO2. The highest BCUT2D eigenvalue weighted by molar-refractivity contribution is 5.95. The van der Waals surface area contributed by atoms with Crippen molar-refractivity contribution in [2.75, 3.05) is 0 Å². The zero-order valence-electron chi connectivity index (χ0n) is 9.30. The van der Waals surface area contributed by atoms with Crippen molar-refractivity contribution in [1.82, 2.24) is 5.32 Å². The quantitative estimate of drug-likeness (QED) is 0.809. The topological polar surface area (TPSA) is 42.2 Å². The van der Waals surface area contributed by atoms with Crippen molar-refractivity contribution in [2.24, 2.45) is 0 Å². The number of nitrogens with one attached hydrogen (secondary N) is 1. The van der Waals surface area contributed by atoms with Crippen molar-refractivity contribution in [3.63, 3.8) is 0 Å². The molecule has 15 heavy (non-hydrogen) atoms. The highest BCUT2D eigenvalue weighted by atomic mass is 16.3. The van der Waals surface area contributed by atoms with Crippen molar-refractivity contribution in [3.8, 4) is 0 Å². The summed E-state index contributed by atoms with van der Waals surface area (Å²) >= 11 is 0. The molecule has 0 spiro atoms. The molecule has 82 valence electrons. The first kappa shape index (κ1) is 10.3. The molecule has 0 bridgehead atoms. The van der Waals surface area contributed by atoms with E-state index in [2.05, 4.69) is 5.32 Å². The zero-order chi connectivity index (χ0) is 10.8. The molecule has 0 aromatic carbocycles. The number of furan rings is 1. The smallest absolute Gasteiger partial charge is 0.255 e. The Morgan fingerprint density at radius 2 is 2.07 bits per heavy atom. The van der Waals surface area contributed by atoms with Gasteiger partial charge in [0.1, 0.15) is 11.5 Å². The molecule has 3 nitrogen and oxygen atoms in total. The van der Waals surface area contributed by atoms with Crippen LogP contribution in [0.4, 0.5) is 0 Å². The van der Waals surface area contributed by atoms with Crippen LogP contribution in [0.2, 0.25) is 0 Å². The standard InChI is InChI=1S/C12H17NO2/c1-8-7-11(9(2)15-8)12(14)13-10-5-3-4-6-10/h7,10H,3-6H2,1-2H3,(H,13,14). The molecule has 0 aliphatic heterocycles. The van der Waals surface area contributed by atoms with Crippen molar-refractivity contribution in [3.05, 3.63) is 23.2 Å². The van der Waals surface area contributed by atoms with Crippen LogP contribution in [0.25, 0.3) is 0 Å². The van der Waals surface area contributed by atoms with E-state index < -0.39 is 0 Å². The molecule has 1 aromatic heterocycles. The van der Waals surface area contributed by atoms with Crippen molar-refractivity contribution >= 4 is 5.91 Å². The fraction of sp³-hybridized carbons (Fsp3) is 0.583. The van der Waals surface area contributed by atoms with E-state index in [9.17, 15) is 4.79 Å². The van der Waals surface area contributed by atoms with Gasteiger partial charge in [-0.1, -0.05) is 12.8 Å². The molecule has 0 unspecified atom stereocenters. The molecule has 1 aliphatic carbocycles. The number of hydrogen-bond acceptors (Lipinski definition) is 2. The minimum Gasteiger partial charge on any atom is -0.466 e. The SMILES string of the molecule is Cc1cc(C(=O)NC2CCCC2)c(C)o1. The van der Waals surface area contributed by atoms with Crippen LogP contribution in [0, 0.1) is 13.8 Å². The Labute approximate surface area is 89.9 Å². The van der Waals surface area contributed by atoms with Crippen LogP contribution in [0.1, 0.15) is 47.6 Å². The second-order valence-electron chi connectivity index (χ2n) is 4.28. The Morgan fingerprint density at radius 3 is 2.60 bits per heavy atom. The largest absolute Gasteiger partial charge is 0.466 e. The van der Waals surface area contributed by atoms with Gasteiger partial charge in [-0.15, -0.1) is 0 Å². The van der Waals surface area contributed by atoms with Gasteiger partial charge < -0.3 is 9.73 Å². The Kier molecular flexibility index (Phi) is 2.80. The summed E-state index contributed by atoms with van der Waals surface area (Å²) in [4.78, 5) is 11.9. The molecule has 1 aromatic rings. The zero-order valence-corrected chi connectivity index (χ0v) is 9.30. The van der Waals surface area contributed by atoms with Gasteiger partial charge in [-0.25, -0.2) is 0 Å². The number of rotatable bonds is 2. The molecule has 1 aliphatic rings. The van der Waals surface area contributed by atoms with Crippen LogP contribution >= 0.6 is 0 Å². The third kappa shape index (κ3) is 2.22. The first-order chi connectivity index (χ1) is 7.16. The predicted octanol–water partition coefficient (Wildman–Crippen LogP) is 2.57. The van der Waals surface area contributed by atoms with Crippen LogP contribution in [-0.4, -0.2) is 11.9 Å². The molecule has 1 amide bonds. The van der Waals surface area contributed by atoms with E-state index in [1.807, 2.05) is 13.8 Å². The average molecular weight is 207 g/mol. The number of hydrogen-bond donors (Lipinski definition) is 1. The lowest BCUT2D eigenvalue weighted by Gasteiger charge is -2.10. The fourth-order valence-corrected chi connectivity index (χ4v) is 2.19. The maximum Gasteiger partial charge on any atom is 0.255 e. The number of carbonyl (C=O) groups is 1. The van der Waals surface area contributed by atoms with Gasteiger partial charge in [0.25, 0.3) is 5.91 Å². The van der Waals surface area contributed by atoms with E-state index in [0.29, 0.717) is 17.4 Å². The van der Waals surface area contributed by atoms with Gasteiger partial charge in [0.15, 0.2) is 0 Å². The number of aryl methyl sites for hydroxylation is 2. The summed E-state index contributed by atoms with van der Waals surface area (Å²) in [6.07, 6.45) is 4.69. The average Bonchev–Trinajstić information content (AvgIpc) is 2.75. The van der Waals surface area contributed by atoms with Gasteiger partial charge in [0.2, 0.25) is 0 Å². The third-order valence-corrected chi connectivity index (χ3v) is 2.98. The summed E-state index contributed by atoms with van der Waals surface area (Å²) in [6, 6.07) is 2.17. The second-order valence-corrected chi connectivity index (χ2v) is 4.28. The minimum atomic E-state index is 0.0104. The molecule has 1 heterocycles. The van der Waals surface area contributed by atoms with Gasteiger partial charge in [0.05, 0.1) is 5.56 Å². The highest BCUT2D eigenvalue weighted by Gasteiger charge is 2.20. The summed E-state index contributed by atoms with van der Waals surface area (Å²) in [5.41, 5.74) is 0.680. The lowest BCUT2D eigenvalue weighted by atomic mass is 10.2. The Morgan fingerprint density at radius 1 is 1.40 bits per heavy atom. The number of carbonyl (C=O) groups excluding carboxylic acids is 1. The first-order valence-corrected chi connectivity index (χ1v) is 5.54. The normalized spacial score (nSPS) is 16.9. The fourth-order valence-electron chi connectivity index (χ4n) is 2.19. The van der Waals surface area contributed by atoms with Crippen molar-refractivity contribution < 1.29 is 9.21 Å². The Bertz CT molecular complexity index is 362. The molecule has 1 N–H and O–H groups in total. The van der Waals surface area contributed by atoms with Crippen molar-refractivity contribution in [2.45, 2.75) is 45.6 Å². The Hall–Kier alpha value is -1.25. The molecule has 2 rings (SSSR count). The Balaban J connectivity index is 2.03.